The Morgan fingerprint density at radius 2 is 1.90 bits per heavy atom. The van der Waals surface area contributed by atoms with Crippen molar-refractivity contribution in [1.82, 2.24) is 14.9 Å². The molecule has 0 bridgehead atoms. The van der Waals surface area contributed by atoms with E-state index in [1.807, 2.05) is 21.3 Å². The summed E-state index contributed by atoms with van der Waals surface area (Å²) in [7, 11) is 0. The molecule has 1 unspecified atom stereocenters. The second kappa shape index (κ2) is 8.03. The van der Waals surface area contributed by atoms with Crippen molar-refractivity contribution in [2.45, 2.75) is 31.7 Å². The number of nitrogens with zero attached hydrogens (tertiary/aromatic N) is 5. The van der Waals surface area contributed by atoms with Crippen molar-refractivity contribution in [3.63, 3.8) is 0 Å². The van der Waals surface area contributed by atoms with E-state index in [9.17, 15) is 9.00 Å². The van der Waals surface area contributed by atoms with Gasteiger partial charge in [0.15, 0.2) is 5.82 Å². The largest absolute Gasteiger partial charge is 0.355 e. The molecule has 5 heterocycles. The van der Waals surface area contributed by atoms with Crippen molar-refractivity contribution in [2.75, 3.05) is 40.1 Å². The second-order valence-corrected chi connectivity index (χ2v) is 9.30. The van der Waals surface area contributed by atoms with Crippen LogP contribution in [0.2, 0.25) is 5.02 Å². The van der Waals surface area contributed by atoms with Gasteiger partial charge in [-0.25, -0.2) is 14.2 Å². The second-order valence-electron chi connectivity index (χ2n) is 7.80. The number of rotatable bonds is 3. The third-order valence-electron chi connectivity index (χ3n) is 5.93. The number of fused-ring (bicyclic) bond motifs is 1. The number of hydrogen-bond acceptors (Lipinski definition) is 5. The van der Waals surface area contributed by atoms with Crippen LogP contribution in [0.15, 0.2) is 30.6 Å². The van der Waals surface area contributed by atoms with Crippen LogP contribution in [0.4, 0.5) is 17.3 Å². The molecular formula is C20H23ClN6O2S. The molecule has 2 saturated heterocycles. The van der Waals surface area contributed by atoms with Gasteiger partial charge in [-0.05, 0) is 43.9 Å². The summed E-state index contributed by atoms with van der Waals surface area (Å²) < 4.78 is 17.4. The van der Waals surface area contributed by atoms with Crippen molar-refractivity contribution < 1.29 is 9.00 Å². The van der Waals surface area contributed by atoms with E-state index in [0.717, 1.165) is 63.4 Å². The molecule has 0 saturated carbocycles. The summed E-state index contributed by atoms with van der Waals surface area (Å²) in [4.78, 5) is 25.5. The molecule has 2 aromatic rings. The fraction of sp³-hybridized carbons (Fsp3) is 0.450. The number of pyridine rings is 2. The van der Waals surface area contributed by atoms with E-state index in [1.54, 1.807) is 18.5 Å². The molecule has 1 N–H and O–H groups in total. The van der Waals surface area contributed by atoms with E-state index in [-0.39, 0.29) is 11.9 Å². The summed E-state index contributed by atoms with van der Waals surface area (Å²) in [5.74, 6) is 1.45. The summed E-state index contributed by atoms with van der Waals surface area (Å²) in [6, 6.07) is 5.59. The molecule has 8 nitrogen and oxygen atoms in total. The van der Waals surface area contributed by atoms with Crippen LogP contribution in [0.3, 0.4) is 0 Å². The summed E-state index contributed by atoms with van der Waals surface area (Å²) >= 11 is 5.21. The molecule has 158 valence electrons. The number of carbonyl (C=O) groups excluding carboxylic acids is 1. The molecule has 30 heavy (non-hydrogen) atoms. The minimum absolute atomic E-state index is 0.00216. The van der Waals surface area contributed by atoms with Crippen molar-refractivity contribution >= 4 is 46.0 Å². The van der Waals surface area contributed by atoms with Gasteiger partial charge in [0.05, 0.1) is 16.3 Å². The summed E-state index contributed by atoms with van der Waals surface area (Å²) in [5.41, 5.74) is 1.35. The van der Waals surface area contributed by atoms with Gasteiger partial charge < -0.3 is 9.80 Å². The molecule has 1 atom stereocenters. The third kappa shape index (κ3) is 3.50. The maximum Gasteiger partial charge on any atom is 0.255 e. The molecular weight excluding hydrogens is 424 g/mol. The van der Waals surface area contributed by atoms with Gasteiger partial charge in [0.2, 0.25) is 11.2 Å². The monoisotopic (exact) mass is 446 g/mol. The van der Waals surface area contributed by atoms with E-state index in [0.29, 0.717) is 16.4 Å². The van der Waals surface area contributed by atoms with Gasteiger partial charge in [-0.2, -0.15) is 0 Å². The molecule has 1 amide bonds. The van der Waals surface area contributed by atoms with Gasteiger partial charge in [-0.3, -0.25) is 13.8 Å². The first-order valence-corrected chi connectivity index (χ1v) is 11.7. The van der Waals surface area contributed by atoms with Gasteiger partial charge in [0, 0.05) is 44.6 Å². The van der Waals surface area contributed by atoms with Crippen LogP contribution in [0.1, 0.15) is 36.0 Å². The highest BCUT2D eigenvalue weighted by Gasteiger charge is 2.35. The van der Waals surface area contributed by atoms with Gasteiger partial charge >= 0.3 is 0 Å². The number of nitrogens with one attached hydrogen (secondary N) is 1. The van der Waals surface area contributed by atoms with Crippen LogP contribution in [0.25, 0.3) is 0 Å². The van der Waals surface area contributed by atoms with Crippen LogP contribution in [-0.4, -0.2) is 57.2 Å². The molecule has 2 fully saturated rings. The smallest absolute Gasteiger partial charge is 0.255 e. The predicted octanol–water partition coefficient (Wildman–Crippen LogP) is 2.85. The minimum Gasteiger partial charge on any atom is -0.355 e. The van der Waals surface area contributed by atoms with Gasteiger partial charge in [-0.15, -0.1) is 0 Å². The molecule has 2 aromatic heterocycles. The van der Waals surface area contributed by atoms with Crippen LogP contribution >= 0.6 is 11.6 Å². The Balaban J connectivity index is 1.27. The molecule has 0 aliphatic carbocycles. The first kappa shape index (κ1) is 19.6. The molecule has 0 radical (unpaired) electrons. The highest BCUT2D eigenvalue weighted by atomic mass is 35.5. The topological polar surface area (TPSA) is 81.7 Å². The molecule has 10 heteroatoms. The lowest BCUT2D eigenvalue weighted by atomic mass is 10.0. The maximum absolute atomic E-state index is 12.6. The lowest BCUT2D eigenvalue weighted by molar-refractivity contribution is 0.0792. The van der Waals surface area contributed by atoms with E-state index < -0.39 is 11.2 Å². The third-order valence-corrected chi connectivity index (χ3v) is 7.43. The summed E-state index contributed by atoms with van der Waals surface area (Å²) in [6.45, 7) is 3.09. The van der Waals surface area contributed by atoms with Gasteiger partial charge in [-0.1, -0.05) is 11.6 Å². The normalized spacial score (nSPS) is 21.6. The van der Waals surface area contributed by atoms with Crippen LogP contribution in [-0.2, 0) is 11.2 Å². The van der Waals surface area contributed by atoms with E-state index in [1.165, 1.54) is 0 Å². The van der Waals surface area contributed by atoms with Crippen molar-refractivity contribution in [3.05, 3.63) is 41.2 Å². The van der Waals surface area contributed by atoms with Gasteiger partial charge in [0.25, 0.3) is 5.91 Å². The lowest BCUT2D eigenvalue weighted by Gasteiger charge is -2.36. The Hall–Kier alpha value is -2.39. The van der Waals surface area contributed by atoms with Crippen molar-refractivity contribution in [2.24, 2.45) is 0 Å². The molecule has 3 aliphatic heterocycles. The van der Waals surface area contributed by atoms with Crippen LogP contribution in [0, 0.1) is 0 Å². The zero-order chi connectivity index (χ0) is 20.7. The fourth-order valence-electron chi connectivity index (χ4n) is 4.38. The average Bonchev–Trinajstić information content (AvgIpc) is 3.41. The van der Waals surface area contributed by atoms with E-state index in [4.69, 9.17) is 11.6 Å². The Morgan fingerprint density at radius 1 is 1.13 bits per heavy atom. The Bertz CT molecular complexity index is 991. The minimum atomic E-state index is -1.31. The average molecular weight is 447 g/mol. The maximum atomic E-state index is 12.6. The number of amides is 1. The van der Waals surface area contributed by atoms with Gasteiger partial charge in [0.1, 0.15) is 5.82 Å². The van der Waals surface area contributed by atoms with E-state index in [2.05, 4.69) is 19.6 Å². The number of piperidine rings is 1. The first-order chi connectivity index (χ1) is 14.6. The number of likely N-dealkylation sites (tertiary alicyclic amines) is 1. The molecule has 3 aliphatic rings. The number of halogens is 1. The zero-order valence-corrected chi connectivity index (χ0v) is 18.0. The molecule has 0 aromatic carbocycles. The molecule has 5 rings (SSSR count). The highest BCUT2D eigenvalue weighted by molar-refractivity contribution is 7.88. The van der Waals surface area contributed by atoms with E-state index >= 15 is 0 Å². The quantitative estimate of drug-likeness (QED) is 0.784. The fourth-order valence-corrected chi connectivity index (χ4v) is 5.89. The lowest BCUT2D eigenvalue weighted by Crippen LogP contribution is -2.45. The Kier molecular flexibility index (Phi) is 5.24. The van der Waals surface area contributed by atoms with Crippen molar-refractivity contribution in [1.29, 1.82) is 0 Å². The Morgan fingerprint density at radius 3 is 2.63 bits per heavy atom. The van der Waals surface area contributed by atoms with Crippen molar-refractivity contribution in [3.8, 4) is 0 Å². The van der Waals surface area contributed by atoms with Crippen LogP contribution in [0.5, 0.6) is 0 Å². The Labute approximate surface area is 182 Å². The van der Waals surface area contributed by atoms with Crippen LogP contribution < -0.4 is 13.9 Å². The number of hydrogen-bond donors (Lipinski definition) is 1. The number of carbonyl (C=O) groups is 1. The zero-order valence-electron chi connectivity index (χ0n) is 16.5. The number of aromatic nitrogens is 2. The standard InChI is InChI=1S/C20H23ClN6O2S/c21-16-12-14(20(28)26-8-1-2-9-26)13-23-18(16)25-10-5-15(6-11-25)27-19-17(24-30(27)29)4-3-7-22-19/h3-4,7,12-13,15,24H,1-2,5-6,8-11H2. The summed E-state index contributed by atoms with van der Waals surface area (Å²) in [5, 5.41) is 0.497. The molecule has 0 spiro atoms. The number of anilines is 3. The summed E-state index contributed by atoms with van der Waals surface area (Å²) in [6.07, 6.45) is 7.09. The highest BCUT2D eigenvalue weighted by Crippen LogP contribution is 2.36. The first-order valence-electron chi connectivity index (χ1n) is 10.2. The SMILES string of the molecule is O=C(c1cnc(N2CCC(N3c4ncccc4NS3=O)CC2)c(Cl)c1)N1CCCC1. The predicted molar refractivity (Wildman–Crippen MR) is 118 cm³/mol.